The molecule has 4 rings (SSSR count). The van der Waals surface area contributed by atoms with Gasteiger partial charge in [0.1, 0.15) is 5.78 Å². The van der Waals surface area contributed by atoms with Gasteiger partial charge in [-0.15, -0.1) is 11.3 Å². The molecule has 0 radical (unpaired) electrons. The van der Waals surface area contributed by atoms with Crippen LogP contribution in [0.2, 0.25) is 5.02 Å². The van der Waals surface area contributed by atoms with Crippen LogP contribution in [0, 0.1) is 11.8 Å². The van der Waals surface area contributed by atoms with Crippen LogP contribution in [0.15, 0.2) is 30.4 Å². The number of aromatic nitrogens is 1. The molecule has 2 fully saturated rings. The summed E-state index contributed by atoms with van der Waals surface area (Å²) in [5.41, 5.74) is 1.50. The van der Waals surface area contributed by atoms with E-state index in [4.69, 9.17) is 16.6 Å². The molecule has 1 N–H and O–H groups in total. The van der Waals surface area contributed by atoms with E-state index in [0.29, 0.717) is 42.3 Å². The number of hydrogen-bond acceptors (Lipinski definition) is 7. The third-order valence-corrected chi connectivity index (χ3v) is 9.81. The molecule has 2 aromatic rings. The van der Waals surface area contributed by atoms with Crippen molar-refractivity contribution in [2.24, 2.45) is 11.8 Å². The number of thiazole rings is 1. The number of nitrogens with one attached hydrogen (secondary N) is 1. The minimum absolute atomic E-state index is 0.0199. The molecule has 1 aliphatic heterocycles. The maximum atomic E-state index is 13.7. The second-order valence-corrected chi connectivity index (χ2v) is 13.7. The quantitative estimate of drug-likeness (QED) is 0.280. The number of carbonyl (C=O) groups is 3. The van der Waals surface area contributed by atoms with Gasteiger partial charge in [0.25, 0.3) is 0 Å². The average molecular weight is 601 g/mol. The highest BCUT2D eigenvalue weighted by Gasteiger charge is 2.27. The van der Waals surface area contributed by atoms with E-state index in [1.54, 1.807) is 0 Å². The Bertz CT molecular complexity index is 1220. The van der Waals surface area contributed by atoms with Gasteiger partial charge in [-0.1, -0.05) is 50.3 Å². The molecule has 0 spiro atoms. The van der Waals surface area contributed by atoms with Crippen LogP contribution < -0.4 is 5.32 Å². The van der Waals surface area contributed by atoms with E-state index in [1.807, 2.05) is 18.2 Å². The fourth-order valence-electron chi connectivity index (χ4n) is 6.09. The van der Waals surface area contributed by atoms with Crippen molar-refractivity contribution in [3.8, 4) is 0 Å². The summed E-state index contributed by atoms with van der Waals surface area (Å²) >= 11 is 7.67. The van der Waals surface area contributed by atoms with Crippen molar-refractivity contribution in [1.29, 1.82) is 0 Å². The highest BCUT2D eigenvalue weighted by Crippen LogP contribution is 2.30. The first kappa shape index (κ1) is 31.8. The van der Waals surface area contributed by atoms with Crippen molar-refractivity contribution >= 4 is 50.6 Å². The second-order valence-electron chi connectivity index (χ2n) is 12.1. The van der Waals surface area contributed by atoms with Crippen molar-refractivity contribution in [2.45, 2.75) is 77.2 Å². The zero-order valence-electron chi connectivity index (χ0n) is 24.6. The summed E-state index contributed by atoms with van der Waals surface area (Å²) in [7, 11) is 2.12. The van der Waals surface area contributed by atoms with Gasteiger partial charge in [0.2, 0.25) is 5.91 Å². The van der Waals surface area contributed by atoms with Gasteiger partial charge in [-0.05, 0) is 50.9 Å². The van der Waals surface area contributed by atoms with E-state index >= 15 is 0 Å². The first-order chi connectivity index (χ1) is 19.7. The number of hydrogen-bond donors (Lipinski definition) is 1. The van der Waals surface area contributed by atoms with Crippen molar-refractivity contribution in [3.05, 3.63) is 40.4 Å². The molecule has 7 nitrogen and oxygen atoms in total. The monoisotopic (exact) mass is 600 g/mol. The summed E-state index contributed by atoms with van der Waals surface area (Å²) in [6.45, 7) is 10.2. The molecule has 1 aromatic carbocycles. The van der Waals surface area contributed by atoms with Gasteiger partial charge in [0.05, 0.1) is 21.1 Å². The van der Waals surface area contributed by atoms with Crippen LogP contribution in [0.1, 0.15) is 69.7 Å². The number of fused-ring (bicyclic) bond motifs is 1. The van der Waals surface area contributed by atoms with Crippen molar-refractivity contribution in [1.82, 2.24) is 20.1 Å². The number of rotatable bonds is 14. The van der Waals surface area contributed by atoms with Gasteiger partial charge >= 0.3 is 0 Å². The number of halogens is 1. The number of nitrogens with zero attached hydrogens (tertiary/aromatic N) is 3. The van der Waals surface area contributed by atoms with Gasteiger partial charge < -0.3 is 15.0 Å². The third kappa shape index (κ3) is 9.98. The predicted octanol–water partition coefficient (Wildman–Crippen LogP) is 5.70. The Balaban J connectivity index is 1.39. The first-order valence-corrected chi connectivity index (χ1v) is 16.3. The lowest BCUT2D eigenvalue weighted by atomic mass is 9.83. The van der Waals surface area contributed by atoms with Gasteiger partial charge in [0, 0.05) is 68.6 Å². The van der Waals surface area contributed by atoms with Crippen LogP contribution in [-0.4, -0.2) is 78.1 Å². The summed E-state index contributed by atoms with van der Waals surface area (Å²) in [6.07, 6.45) is 8.46. The molecule has 224 valence electrons. The third-order valence-electron chi connectivity index (χ3n) is 8.53. The lowest BCUT2D eigenvalue weighted by Gasteiger charge is -2.32. The lowest BCUT2D eigenvalue weighted by Crippen LogP contribution is -2.45. The minimum Gasteiger partial charge on any atom is -0.353 e. The molecule has 1 saturated carbocycles. The largest absolute Gasteiger partial charge is 0.353 e. The van der Waals surface area contributed by atoms with Crippen LogP contribution >= 0.6 is 22.9 Å². The Hall–Kier alpha value is -2.13. The SMILES string of the molecule is C=C(CN1CCN(C)CC1)C(=O)CC[C@H](CC1CCCCC1)NC(=O)[C@@H](CC(C)=O)Cc1nc2ccc(Cl)cc2s1. The topological polar surface area (TPSA) is 82.6 Å². The van der Waals surface area contributed by atoms with E-state index in [-0.39, 0.29) is 29.9 Å². The first-order valence-electron chi connectivity index (χ1n) is 15.1. The van der Waals surface area contributed by atoms with E-state index in [2.05, 4.69) is 28.7 Å². The Morgan fingerprint density at radius 2 is 1.88 bits per heavy atom. The summed E-state index contributed by atoms with van der Waals surface area (Å²) in [6, 6.07) is 5.47. The fourth-order valence-corrected chi connectivity index (χ4v) is 7.41. The number of carbonyl (C=O) groups excluding carboxylic acids is 3. The van der Waals surface area contributed by atoms with Crippen LogP contribution in [0.3, 0.4) is 0 Å². The van der Waals surface area contributed by atoms with Crippen LogP contribution in [0.4, 0.5) is 0 Å². The molecule has 2 atom stereocenters. The highest BCUT2D eigenvalue weighted by atomic mass is 35.5. The average Bonchev–Trinajstić information content (AvgIpc) is 3.34. The summed E-state index contributed by atoms with van der Waals surface area (Å²) in [5.74, 6) is -0.00553. The number of amides is 1. The Labute approximate surface area is 253 Å². The lowest BCUT2D eigenvalue weighted by molar-refractivity contribution is -0.129. The number of benzene rings is 1. The van der Waals surface area contributed by atoms with Crippen LogP contribution in [0.25, 0.3) is 10.2 Å². The number of piperazine rings is 1. The highest BCUT2D eigenvalue weighted by molar-refractivity contribution is 7.18. The van der Waals surface area contributed by atoms with Crippen molar-refractivity contribution in [2.75, 3.05) is 39.8 Å². The van der Waals surface area contributed by atoms with Crippen molar-refractivity contribution < 1.29 is 14.4 Å². The zero-order chi connectivity index (χ0) is 29.4. The van der Waals surface area contributed by atoms with E-state index in [9.17, 15) is 14.4 Å². The van der Waals surface area contributed by atoms with Gasteiger partial charge in [-0.2, -0.15) is 0 Å². The molecule has 1 amide bonds. The predicted molar refractivity (Wildman–Crippen MR) is 168 cm³/mol. The summed E-state index contributed by atoms with van der Waals surface area (Å²) < 4.78 is 0.972. The Kier molecular flexibility index (Phi) is 11.9. The number of likely N-dealkylation sites (N-methyl/N-ethyl adjacent to an activating group) is 1. The molecular formula is C32H45ClN4O3S. The normalized spacial score (nSPS) is 18.7. The summed E-state index contributed by atoms with van der Waals surface area (Å²) in [5, 5.41) is 4.75. The molecule has 9 heteroatoms. The van der Waals surface area contributed by atoms with E-state index in [1.165, 1.54) is 50.4 Å². The Morgan fingerprint density at radius 1 is 1.15 bits per heavy atom. The minimum atomic E-state index is -0.500. The maximum absolute atomic E-state index is 13.7. The molecule has 2 heterocycles. The number of Topliss-reactive ketones (excluding diaryl/α,β-unsaturated/α-hetero) is 2. The van der Waals surface area contributed by atoms with Gasteiger partial charge in [-0.3, -0.25) is 14.5 Å². The second kappa shape index (κ2) is 15.4. The van der Waals surface area contributed by atoms with Gasteiger partial charge in [-0.25, -0.2) is 4.98 Å². The van der Waals surface area contributed by atoms with Crippen LogP contribution in [0.5, 0.6) is 0 Å². The van der Waals surface area contributed by atoms with Gasteiger partial charge in [0.15, 0.2) is 5.78 Å². The summed E-state index contributed by atoms with van der Waals surface area (Å²) in [4.78, 5) is 48.2. The fraction of sp³-hybridized carbons (Fsp3) is 0.625. The van der Waals surface area contributed by atoms with E-state index in [0.717, 1.165) is 47.8 Å². The maximum Gasteiger partial charge on any atom is 0.224 e. The number of ketones is 2. The Morgan fingerprint density at radius 3 is 2.59 bits per heavy atom. The standard InChI is InChI=1S/C32H45ClN4O3S/c1-22(21-37-15-13-36(3)14-16-37)29(39)12-10-27(18-24-7-5-4-6-8-24)34-32(40)25(17-23(2)38)19-31-35-28-11-9-26(33)20-30(28)41-31/h9,11,20,24-25,27H,1,4-8,10,12-19,21H2,2-3H3,(H,34,40)/t25-,27+/m0/s1. The van der Waals surface area contributed by atoms with Crippen molar-refractivity contribution in [3.63, 3.8) is 0 Å². The van der Waals surface area contributed by atoms with E-state index < -0.39 is 5.92 Å². The molecule has 0 bridgehead atoms. The molecule has 1 aromatic heterocycles. The molecule has 1 saturated heterocycles. The van der Waals surface area contributed by atoms with Crippen LogP contribution in [-0.2, 0) is 20.8 Å². The molecule has 0 unspecified atom stereocenters. The smallest absolute Gasteiger partial charge is 0.224 e. The molecule has 1 aliphatic carbocycles. The molecule has 2 aliphatic rings. The zero-order valence-corrected chi connectivity index (χ0v) is 26.2. The molecular weight excluding hydrogens is 556 g/mol. The molecule has 41 heavy (non-hydrogen) atoms.